The highest BCUT2D eigenvalue weighted by atomic mass is 32.1. The number of benzene rings is 10. The molecule has 0 saturated heterocycles. The summed E-state index contributed by atoms with van der Waals surface area (Å²) >= 11 is 1.77. The molecule has 1 spiro atoms. The predicted octanol–water partition coefficient (Wildman–Crippen LogP) is 18.4. The highest BCUT2D eigenvalue weighted by molar-refractivity contribution is 7.26. The molecule has 3 nitrogen and oxygen atoms in total. The monoisotopic (exact) mass is 936 g/mol. The lowest BCUT2D eigenvalue weighted by Gasteiger charge is -2.33. The van der Waals surface area contributed by atoms with Crippen molar-refractivity contribution < 1.29 is 13.2 Å². The van der Waals surface area contributed by atoms with E-state index in [-0.39, 0.29) is 17.0 Å². The summed E-state index contributed by atoms with van der Waals surface area (Å²) < 4.78 is 44.7. The molecule has 0 N–H and O–H groups in total. The van der Waals surface area contributed by atoms with Crippen LogP contribution < -0.4 is 4.90 Å². The van der Waals surface area contributed by atoms with Crippen molar-refractivity contribution in [2.24, 2.45) is 0 Å². The van der Waals surface area contributed by atoms with E-state index in [2.05, 4.69) is 188 Å². The summed E-state index contributed by atoms with van der Waals surface area (Å²) in [6.07, 6.45) is 0. The van der Waals surface area contributed by atoms with Gasteiger partial charge in [-0.3, -0.25) is 0 Å². The molecule has 0 saturated carbocycles. The minimum atomic E-state index is -1.13. The van der Waals surface area contributed by atoms with Crippen molar-refractivity contribution in [1.82, 2.24) is 4.57 Å². The summed E-state index contributed by atoms with van der Waals surface area (Å²) in [4.78, 5) is 2.42. The first-order chi connectivity index (χ1) is 34.7. The van der Waals surface area contributed by atoms with E-state index in [0.717, 1.165) is 126 Å². The third-order valence-corrected chi connectivity index (χ3v) is 16.6. The molecule has 15 rings (SSSR count). The molecule has 0 fully saturated rings. The maximum atomic E-state index is 16.3. The lowest BCUT2D eigenvalue weighted by atomic mass is 9.70. The number of hydrogen-bond acceptors (Lipinski definition) is 3. The molecular weight excluding hydrogens is 895 g/mol. The molecule has 13 aromatic rings. The summed E-state index contributed by atoms with van der Waals surface area (Å²) in [5.74, 6) is -0.693. The van der Waals surface area contributed by atoms with Gasteiger partial charge in [0.25, 0.3) is 0 Å². The van der Waals surface area contributed by atoms with E-state index in [1.165, 1.54) is 22.4 Å². The van der Waals surface area contributed by atoms with Gasteiger partial charge in [-0.15, -0.1) is 11.3 Å². The Morgan fingerprint density at radius 2 is 1.15 bits per heavy atom. The number of halogens is 2. The van der Waals surface area contributed by atoms with Crippen molar-refractivity contribution in [3.63, 3.8) is 0 Å². The molecule has 2 aliphatic carbocycles. The molecule has 0 amide bonds. The van der Waals surface area contributed by atoms with Crippen LogP contribution in [-0.2, 0) is 10.8 Å². The van der Waals surface area contributed by atoms with Gasteiger partial charge in [0.05, 0.1) is 33.2 Å². The molecule has 71 heavy (non-hydrogen) atoms. The van der Waals surface area contributed by atoms with Crippen molar-refractivity contribution in [3.8, 4) is 27.9 Å². The second-order valence-corrected chi connectivity index (χ2v) is 21.3. The first-order valence-corrected chi connectivity index (χ1v) is 25.0. The van der Waals surface area contributed by atoms with E-state index >= 15 is 8.78 Å². The van der Waals surface area contributed by atoms with E-state index in [1.54, 1.807) is 23.5 Å². The Hall–Kier alpha value is -8.32. The number of nitrogens with zero attached hydrogens (tertiary/aromatic N) is 2. The molecule has 338 valence electrons. The van der Waals surface area contributed by atoms with E-state index in [9.17, 15) is 0 Å². The Morgan fingerprint density at radius 1 is 0.493 bits per heavy atom. The van der Waals surface area contributed by atoms with Crippen LogP contribution in [0, 0.1) is 11.6 Å². The molecule has 6 heteroatoms. The predicted molar refractivity (Wildman–Crippen MR) is 291 cm³/mol. The Kier molecular flexibility index (Phi) is 8.21. The average molecular weight is 937 g/mol. The molecular formula is C65H42F2N2OS. The number of rotatable bonds is 4. The first-order valence-electron chi connectivity index (χ1n) is 24.2. The van der Waals surface area contributed by atoms with Gasteiger partial charge in [0.2, 0.25) is 0 Å². The summed E-state index contributed by atoms with van der Waals surface area (Å²) in [5.41, 5.74) is 14.8. The quantitative estimate of drug-likeness (QED) is 0.175. The Labute approximate surface area is 412 Å². The van der Waals surface area contributed by atoms with Crippen LogP contribution in [0.5, 0.6) is 0 Å². The highest BCUT2D eigenvalue weighted by Crippen LogP contribution is 2.67. The van der Waals surface area contributed by atoms with Gasteiger partial charge < -0.3 is 13.9 Å². The van der Waals surface area contributed by atoms with Crippen LogP contribution in [0.4, 0.5) is 25.8 Å². The molecule has 0 atom stereocenters. The fraction of sp³-hybridized carbons (Fsp3) is 0.0769. The van der Waals surface area contributed by atoms with Gasteiger partial charge in [-0.25, -0.2) is 8.78 Å². The van der Waals surface area contributed by atoms with Gasteiger partial charge in [-0.1, -0.05) is 130 Å². The summed E-state index contributed by atoms with van der Waals surface area (Å²) in [6, 6.07) is 68.7. The van der Waals surface area contributed by atoms with Crippen molar-refractivity contribution >= 4 is 92.3 Å². The summed E-state index contributed by atoms with van der Waals surface area (Å²) in [7, 11) is 0. The molecule has 0 unspecified atom stereocenters. The zero-order chi connectivity index (χ0) is 47.5. The highest BCUT2D eigenvalue weighted by Gasteiger charge is 2.54. The number of hydrogen-bond donors (Lipinski definition) is 0. The van der Waals surface area contributed by atoms with Crippen LogP contribution in [0.2, 0.25) is 0 Å². The summed E-state index contributed by atoms with van der Waals surface area (Å²) in [6.45, 7) is 6.73. The minimum absolute atomic E-state index is 0.0861. The number of furan rings is 1. The number of aromatic nitrogens is 1. The largest absolute Gasteiger partial charge is 0.455 e. The SMILES string of the molecule is CC(C)(C)c1ccc(N(c2cc3c(c4oc5ccccc5c24)-c2c(ccc4sc5ccccc5c24)C32c3cc(F)ccc3-c3ccc(F)cc32)c2cccc3c2c2ccccc2n3-c2ccccc2)cc1. The molecule has 0 bridgehead atoms. The Bertz CT molecular complexity index is 4370. The van der Waals surface area contributed by atoms with E-state index < -0.39 is 5.41 Å². The van der Waals surface area contributed by atoms with Gasteiger partial charge in [-0.05, 0) is 141 Å². The van der Waals surface area contributed by atoms with Crippen LogP contribution in [0.15, 0.2) is 205 Å². The molecule has 3 aromatic heterocycles. The third kappa shape index (κ3) is 5.40. The van der Waals surface area contributed by atoms with Crippen LogP contribution in [-0.4, -0.2) is 4.57 Å². The summed E-state index contributed by atoms with van der Waals surface area (Å²) in [5, 5.41) is 6.40. The van der Waals surface area contributed by atoms with Crippen molar-refractivity contribution in [2.75, 3.05) is 4.90 Å². The van der Waals surface area contributed by atoms with Crippen LogP contribution in [0.1, 0.15) is 48.6 Å². The van der Waals surface area contributed by atoms with Crippen LogP contribution in [0.3, 0.4) is 0 Å². The smallest absolute Gasteiger partial charge is 0.145 e. The van der Waals surface area contributed by atoms with Crippen molar-refractivity contribution in [3.05, 3.63) is 240 Å². The van der Waals surface area contributed by atoms with Crippen LogP contribution in [0.25, 0.3) is 91.9 Å². The van der Waals surface area contributed by atoms with Crippen molar-refractivity contribution in [2.45, 2.75) is 31.6 Å². The molecule has 10 aromatic carbocycles. The Balaban J connectivity index is 1.16. The lowest BCUT2D eigenvalue weighted by molar-refractivity contribution is 0.590. The number of anilines is 3. The van der Waals surface area contributed by atoms with Gasteiger partial charge in [0.1, 0.15) is 22.8 Å². The molecule has 0 radical (unpaired) electrons. The van der Waals surface area contributed by atoms with E-state index in [1.807, 2.05) is 18.2 Å². The van der Waals surface area contributed by atoms with Crippen LogP contribution >= 0.6 is 11.3 Å². The van der Waals surface area contributed by atoms with Gasteiger partial charge in [-0.2, -0.15) is 0 Å². The normalized spacial score (nSPS) is 13.5. The zero-order valence-electron chi connectivity index (χ0n) is 39.0. The molecule has 0 aliphatic heterocycles. The second-order valence-electron chi connectivity index (χ2n) is 20.2. The van der Waals surface area contributed by atoms with Gasteiger partial charge in [0, 0.05) is 53.3 Å². The fourth-order valence-electron chi connectivity index (χ4n) is 12.5. The van der Waals surface area contributed by atoms with Gasteiger partial charge >= 0.3 is 0 Å². The topological polar surface area (TPSA) is 21.3 Å². The average Bonchev–Trinajstić information content (AvgIpc) is 4.19. The third-order valence-electron chi connectivity index (χ3n) is 15.5. The maximum absolute atomic E-state index is 16.3. The maximum Gasteiger partial charge on any atom is 0.145 e. The minimum Gasteiger partial charge on any atom is -0.455 e. The standard InChI is InChI=1S/C65H42F2N2OS/c1-64(2,3)37-24-28-41(29-25-37)69(53-21-13-20-52-58(53)44-16-7-10-19-51(44)68(52)40-14-5-4-6-15-40)54-36-50-62(63-59(54)45-17-8-11-22-55(45)70-63)61-47(32-33-57-60(61)46-18-9-12-23-56(46)71-57)65(50)48-34-38(66)26-30-42(48)43-31-27-39(67)35-49(43)65/h4-36H,1-3H3. The number of thiophene rings is 1. The fourth-order valence-corrected chi connectivity index (χ4v) is 13.7. The Morgan fingerprint density at radius 3 is 1.90 bits per heavy atom. The van der Waals surface area contributed by atoms with Crippen molar-refractivity contribution in [1.29, 1.82) is 0 Å². The van der Waals surface area contributed by atoms with E-state index in [0.29, 0.717) is 0 Å². The van der Waals surface area contributed by atoms with Gasteiger partial charge in [0.15, 0.2) is 0 Å². The number of fused-ring (bicyclic) bond motifs is 21. The number of para-hydroxylation sites is 3. The first kappa shape index (κ1) is 40.6. The molecule has 2 aliphatic rings. The molecule has 3 heterocycles. The zero-order valence-corrected chi connectivity index (χ0v) is 39.8. The van der Waals surface area contributed by atoms with E-state index in [4.69, 9.17) is 4.42 Å². The lowest BCUT2D eigenvalue weighted by Crippen LogP contribution is -2.26. The second kappa shape index (κ2) is 14.4.